The molecular formula is C34H40O3. The summed E-state index contributed by atoms with van der Waals surface area (Å²) >= 11 is 0. The van der Waals surface area contributed by atoms with Crippen molar-refractivity contribution in [2.45, 2.75) is 59.2 Å². The lowest BCUT2D eigenvalue weighted by atomic mass is 10.0. The third-order valence-corrected chi connectivity index (χ3v) is 5.99. The summed E-state index contributed by atoms with van der Waals surface area (Å²) < 4.78 is 11.6. The highest BCUT2D eigenvalue weighted by atomic mass is 16.7. The molecular weight excluding hydrogens is 456 g/mol. The summed E-state index contributed by atoms with van der Waals surface area (Å²) in [5, 5.41) is 9.57. The van der Waals surface area contributed by atoms with Gasteiger partial charge in [0.25, 0.3) is 0 Å². The molecule has 0 fully saturated rings. The van der Waals surface area contributed by atoms with Crippen LogP contribution < -0.4 is 4.74 Å². The number of ether oxygens (including phenoxy) is 2. The molecule has 0 radical (unpaired) electrons. The lowest BCUT2D eigenvalue weighted by Gasteiger charge is -2.15. The number of phenolic OH excluding ortho intramolecular Hbond substituents is 1. The fourth-order valence-corrected chi connectivity index (χ4v) is 3.75. The van der Waals surface area contributed by atoms with Crippen LogP contribution in [0.15, 0.2) is 90.5 Å². The minimum absolute atomic E-state index is 0.266. The van der Waals surface area contributed by atoms with E-state index in [1.54, 1.807) is 12.1 Å². The van der Waals surface area contributed by atoms with Gasteiger partial charge in [-0.15, -0.1) is 0 Å². The molecule has 0 saturated heterocycles. The van der Waals surface area contributed by atoms with E-state index in [0.29, 0.717) is 6.61 Å². The van der Waals surface area contributed by atoms with E-state index in [0.717, 1.165) is 41.7 Å². The summed E-state index contributed by atoms with van der Waals surface area (Å²) in [6, 6.07) is 24.1. The van der Waals surface area contributed by atoms with Crippen molar-refractivity contribution in [3.05, 3.63) is 113 Å². The first-order valence-electron chi connectivity index (χ1n) is 13.4. The lowest BCUT2D eigenvalue weighted by molar-refractivity contribution is -0.0673. The Kier molecular flexibility index (Phi) is 11.8. The van der Waals surface area contributed by atoms with Crippen LogP contribution in [-0.2, 0) is 11.2 Å². The summed E-state index contributed by atoms with van der Waals surface area (Å²) in [5.74, 6) is 1.06. The summed E-state index contributed by atoms with van der Waals surface area (Å²) in [5.41, 5.74) is 5.72. The first-order chi connectivity index (χ1) is 18.1. The first-order valence-corrected chi connectivity index (χ1v) is 13.4. The molecule has 3 aromatic rings. The van der Waals surface area contributed by atoms with Crippen molar-refractivity contribution in [1.82, 2.24) is 0 Å². The predicted octanol–water partition coefficient (Wildman–Crippen LogP) is 9.09. The van der Waals surface area contributed by atoms with Gasteiger partial charge >= 0.3 is 0 Å². The Hall–Kier alpha value is -3.56. The van der Waals surface area contributed by atoms with Gasteiger partial charge in [-0.1, -0.05) is 99.5 Å². The van der Waals surface area contributed by atoms with Crippen molar-refractivity contribution >= 4 is 18.2 Å². The van der Waals surface area contributed by atoms with Crippen LogP contribution in [0.1, 0.15) is 68.7 Å². The monoisotopic (exact) mass is 496 g/mol. The number of hydrogen-bond acceptors (Lipinski definition) is 3. The maximum absolute atomic E-state index is 9.57. The average molecular weight is 497 g/mol. The number of allylic oxidation sites excluding steroid dienone is 3. The molecule has 3 rings (SSSR count). The standard InChI is InChI=1S/C34H40O3/c1-4-6-8-28-9-11-29(12-10-28)13-15-31(16-14-30-17-21-33(35)22-18-30)26-32-19-23-34(24-20-32)37-27(3)36-25-7-5-2/h9-24,26-27,35H,4-8,25H2,1-3H3. The second kappa shape index (κ2) is 15.5. The molecule has 0 aliphatic heterocycles. The number of benzene rings is 3. The highest BCUT2D eigenvalue weighted by molar-refractivity contribution is 5.68. The molecule has 0 bridgehead atoms. The maximum atomic E-state index is 9.57. The fraction of sp³-hybridized carbons (Fsp3) is 0.294. The van der Waals surface area contributed by atoms with E-state index in [4.69, 9.17) is 9.47 Å². The Morgan fingerprint density at radius 3 is 1.92 bits per heavy atom. The summed E-state index contributed by atoms with van der Waals surface area (Å²) in [6.07, 6.45) is 16.0. The third-order valence-electron chi connectivity index (χ3n) is 5.99. The molecule has 0 saturated carbocycles. The van der Waals surface area contributed by atoms with Crippen LogP contribution in [0, 0.1) is 0 Å². The normalized spacial score (nSPS) is 12.9. The molecule has 3 nitrogen and oxygen atoms in total. The fourth-order valence-electron chi connectivity index (χ4n) is 3.75. The first kappa shape index (κ1) is 28.0. The van der Waals surface area contributed by atoms with Gasteiger partial charge in [0.2, 0.25) is 0 Å². The molecule has 0 aliphatic carbocycles. The molecule has 0 heterocycles. The Labute approximate surface area is 222 Å². The lowest BCUT2D eigenvalue weighted by Crippen LogP contribution is -2.16. The van der Waals surface area contributed by atoms with E-state index in [1.165, 1.54) is 24.0 Å². The maximum Gasteiger partial charge on any atom is 0.196 e. The van der Waals surface area contributed by atoms with Crippen LogP contribution >= 0.6 is 0 Å². The zero-order valence-corrected chi connectivity index (χ0v) is 22.4. The molecule has 0 aromatic heterocycles. The minimum Gasteiger partial charge on any atom is -0.508 e. The number of hydrogen-bond donors (Lipinski definition) is 1. The van der Waals surface area contributed by atoms with Gasteiger partial charge in [0.1, 0.15) is 11.5 Å². The molecule has 37 heavy (non-hydrogen) atoms. The quantitative estimate of drug-likeness (QED) is 0.137. The highest BCUT2D eigenvalue weighted by Crippen LogP contribution is 2.19. The van der Waals surface area contributed by atoms with Crippen molar-refractivity contribution < 1.29 is 14.6 Å². The minimum atomic E-state index is -0.270. The molecule has 0 spiro atoms. The van der Waals surface area contributed by atoms with Crippen LogP contribution in [0.25, 0.3) is 18.2 Å². The van der Waals surface area contributed by atoms with Gasteiger partial charge in [-0.25, -0.2) is 0 Å². The Morgan fingerprint density at radius 2 is 1.32 bits per heavy atom. The smallest absolute Gasteiger partial charge is 0.196 e. The van der Waals surface area contributed by atoms with Gasteiger partial charge in [0.05, 0.1) is 6.61 Å². The van der Waals surface area contributed by atoms with Crippen molar-refractivity contribution in [2.24, 2.45) is 0 Å². The SMILES string of the molecule is CCCCOC(C)Oc1ccc(C=C(C=Cc2ccc(O)cc2)C=Cc2ccc(CCCC)cc2)cc1. The number of aryl methyl sites for hydroxylation is 1. The van der Waals surface area contributed by atoms with Crippen LogP contribution in [-0.4, -0.2) is 18.0 Å². The Bertz CT molecular complexity index is 1140. The summed E-state index contributed by atoms with van der Waals surface area (Å²) in [6.45, 7) is 7.01. The number of unbranched alkanes of at least 4 members (excludes halogenated alkanes) is 2. The molecule has 3 aromatic carbocycles. The second-order valence-corrected chi connectivity index (χ2v) is 9.23. The van der Waals surface area contributed by atoms with Crippen LogP contribution in [0.4, 0.5) is 0 Å². The zero-order valence-electron chi connectivity index (χ0n) is 22.4. The molecule has 1 N–H and O–H groups in total. The highest BCUT2D eigenvalue weighted by Gasteiger charge is 2.03. The van der Waals surface area contributed by atoms with E-state index >= 15 is 0 Å². The van der Waals surface area contributed by atoms with Gasteiger partial charge in [0, 0.05) is 0 Å². The molecule has 3 heteroatoms. The third kappa shape index (κ3) is 10.5. The predicted molar refractivity (Wildman–Crippen MR) is 157 cm³/mol. The molecule has 1 unspecified atom stereocenters. The van der Waals surface area contributed by atoms with Gasteiger partial charge < -0.3 is 14.6 Å². The van der Waals surface area contributed by atoms with E-state index in [9.17, 15) is 5.11 Å². The van der Waals surface area contributed by atoms with Crippen LogP contribution in [0.2, 0.25) is 0 Å². The Morgan fingerprint density at radius 1 is 0.757 bits per heavy atom. The van der Waals surface area contributed by atoms with E-state index in [2.05, 4.69) is 80.6 Å². The number of phenols is 1. The molecule has 0 aliphatic rings. The molecule has 0 amide bonds. The topological polar surface area (TPSA) is 38.7 Å². The van der Waals surface area contributed by atoms with E-state index < -0.39 is 0 Å². The van der Waals surface area contributed by atoms with E-state index in [1.807, 2.05) is 31.2 Å². The van der Waals surface area contributed by atoms with Crippen LogP contribution in [0.5, 0.6) is 11.5 Å². The Balaban J connectivity index is 1.75. The van der Waals surface area contributed by atoms with Gasteiger partial charge in [-0.05, 0) is 84.4 Å². The summed E-state index contributed by atoms with van der Waals surface area (Å²) in [7, 11) is 0. The second-order valence-electron chi connectivity index (χ2n) is 9.23. The summed E-state index contributed by atoms with van der Waals surface area (Å²) in [4.78, 5) is 0. The number of aromatic hydroxyl groups is 1. The van der Waals surface area contributed by atoms with Gasteiger partial charge in [-0.3, -0.25) is 0 Å². The van der Waals surface area contributed by atoms with Crippen molar-refractivity contribution in [1.29, 1.82) is 0 Å². The average Bonchev–Trinajstić information content (AvgIpc) is 2.91. The largest absolute Gasteiger partial charge is 0.508 e. The van der Waals surface area contributed by atoms with Crippen molar-refractivity contribution in [3.8, 4) is 11.5 Å². The zero-order chi connectivity index (χ0) is 26.3. The van der Waals surface area contributed by atoms with Crippen molar-refractivity contribution in [3.63, 3.8) is 0 Å². The molecule has 194 valence electrons. The number of rotatable bonds is 14. The van der Waals surface area contributed by atoms with E-state index in [-0.39, 0.29) is 12.0 Å². The van der Waals surface area contributed by atoms with Crippen LogP contribution in [0.3, 0.4) is 0 Å². The molecule has 1 atom stereocenters. The van der Waals surface area contributed by atoms with Crippen molar-refractivity contribution in [2.75, 3.05) is 6.61 Å². The van der Waals surface area contributed by atoms with Gasteiger partial charge in [0.15, 0.2) is 6.29 Å². The van der Waals surface area contributed by atoms with Gasteiger partial charge in [-0.2, -0.15) is 0 Å².